The van der Waals surface area contributed by atoms with E-state index in [0.717, 1.165) is 15.4 Å². The number of rotatable bonds is 4. The minimum atomic E-state index is -4.43. The van der Waals surface area contributed by atoms with E-state index in [1.54, 1.807) is 13.0 Å². The highest BCUT2D eigenvalue weighted by Gasteiger charge is 2.18. The fraction of sp³-hybridized carbons (Fsp3) is 0.231. The molecule has 0 saturated carbocycles. The smallest absolute Gasteiger partial charge is 0.433 e. The standard InChI is InChI=1S/C13H14N2O6S/c1-2-21-13(17)14-8-7-12(16)15(14)9-10-5-3-4-6-11(10)22(18,19)20/h3-8H,2,9H2,1H3,(H,18,19,20). The lowest BCUT2D eigenvalue weighted by Crippen LogP contribution is -2.29. The van der Waals surface area contributed by atoms with Gasteiger partial charge in [0, 0.05) is 12.3 Å². The molecule has 0 radical (unpaired) electrons. The first-order valence-corrected chi connectivity index (χ1v) is 7.79. The van der Waals surface area contributed by atoms with E-state index in [1.165, 1.54) is 24.4 Å². The molecule has 1 heterocycles. The van der Waals surface area contributed by atoms with E-state index in [4.69, 9.17) is 4.74 Å². The molecule has 0 bridgehead atoms. The van der Waals surface area contributed by atoms with Crippen LogP contribution < -0.4 is 5.56 Å². The molecule has 1 aromatic heterocycles. The second-order valence-corrected chi connectivity index (χ2v) is 5.73. The number of nitrogens with zero attached hydrogens (tertiary/aromatic N) is 2. The quantitative estimate of drug-likeness (QED) is 0.838. The molecule has 9 heteroatoms. The van der Waals surface area contributed by atoms with Crippen molar-refractivity contribution in [2.24, 2.45) is 0 Å². The minimum absolute atomic E-state index is 0.132. The Balaban J connectivity index is 2.47. The molecule has 0 amide bonds. The van der Waals surface area contributed by atoms with Crippen LogP contribution in [0.5, 0.6) is 0 Å². The molecular weight excluding hydrogens is 312 g/mol. The van der Waals surface area contributed by atoms with Crippen LogP contribution in [0, 0.1) is 0 Å². The molecule has 0 aliphatic rings. The van der Waals surface area contributed by atoms with Gasteiger partial charge in [-0.3, -0.25) is 9.35 Å². The molecule has 0 unspecified atom stereocenters. The van der Waals surface area contributed by atoms with Crippen molar-refractivity contribution in [2.75, 3.05) is 6.61 Å². The van der Waals surface area contributed by atoms with E-state index in [2.05, 4.69) is 0 Å². The molecule has 0 aliphatic carbocycles. The topological polar surface area (TPSA) is 108 Å². The molecule has 8 nitrogen and oxygen atoms in total. The Bertz CT molecular complexity index is 849. The molecule has 2 rings (SSSR count). The van der Waals surface area contributed by atoms with Crippen molar-refractivity contribution in [2.45, 2.75) is 18.4 Å². The number of carbonyl (C=O) groups is 1. The van der Waals surface area contributed by atoms with Gasteiger partial charge in [-0.25, -0.2) is 9.48 Å². The van der Waals surface area contributed by atoms with E-state index >= 15 is 0 Å². The maximum absolute atomic E-state index is 11.8. The van der Waals surface area contributed by atoms with Gasteiger partial charge in [0.25, 0.3) is 15.7 Å². The van der Waals surface area contributed by atoms with E-state index in [9.17, 15) is 22.6 Å². The molecule has 0 aliphatic heterocycles. The summed E-state index contributed by atoms with van der Waals surface area (Å²) in [5.74, 6) is 0. The zero-order chi connectivity index (χ0) is 16.3. The monoisotopic (exact) mass is 326 g/mol. The summed E-state index contributed by atoms with van der Waals surface area (Å²) in [7, 11) is -4.43. The molecule has 0 fully saturated rings. The molecule has 22 heavy (non-hydrogen) atoms. The Labute approximate surface area is 126 Å². The third-order valence-electron chi connectivity index (χ3n) is 2.90. The molecule has 1 aromatic carbocycles. The second kappa shape index (κ2) is 6.16. The van der Waals surface area contributed by atoms with Crippen LogP contribution in [0.15, 0.2) is 46.2 Å². The van der Waals surface area contributed by atoms with Crippen molar-refractivity contribution in [3.05, 3.63) is 52.4 Å². The van der Waals surface area contributed by atoms with Crippen molar-refractivity contribution in [3.8, 4) is 0 Å². The SMILES string of the molecule is CCOC(=O)n1ccc(=O)n1Cc1ccccc1S(=O)(=O)O. The van der Waals surface area contributed by atoms with Crippen LogP contribution in [0.1, 0.15) is 12.5 Å². The van der Waals surface area contributed by atoms with Gasteiger partial charge in [0.2, 0.25) is 0 Å². The predicted molar refractivity (Wildman–Crippen MR) is 76.5 cm³/mol. The summed E-state index contributed by atoms with van der Waals surface area (Å²) in [6.07, 6.45) is 0.477. The predicted octanol–water partition coefficient (Wildman–Crippen LogP) is 0.949. The van der Waals surface area contributed by atoms with Crippen molar-refractivity contribution in [1.29, 1.82) is 0 Å². The Morgan fingerprint density at radius 1 is 1.27 bits per heavy atom. The molecule has 0 atom stereocenters. The van der Waals surface area contributed by atoms with Gasteiger partial charge in [-0.15, -0.1) is 0 Å². The fourth-order valence-corrected chi connectivity index (χ4v) is 2.67. The lowest BCUT2D eigenvalue weighted by molar-refractivity contribution is 0.146. The summed E-state index contributed by atoms with van der Waals surface area (Å²) in [4.78, 5) is 23.3. The van der Waals surface area contributed by atoms with Crippen molar-refractivity contribution in [1.82, 2.24) is 9.36 Å². The summed E-state index contributed by atoms with van der Waals surface area (Å²) >= 11 is 0. The van der Waals surface area contributed by atoms with E-state index in [1.807, 2.05) is 0 Å². The third kappa shape index (κ3) is 3.26. The second-order valence-electron chi connectivity index (χ2n) is 4.34. The fourth-order valence-electron chi connectivity index (χ4n) is 1.96. The summed E-state index contributed by atoms with van der Waals surface area (Å²) < 4.78 is 38.7. The number of ether oxygens (including phenoxy) is 1. The normalized spacial score (nSPS) is 11.4. The van der Waals surface area contributed by atoms with Gasteiger partial charge < -0.3 is 4.74 Å². The lowest BCUT2D eigenvalue weighted by Gasteiger charge is -2.12. The van der Waals surface area contributed by atoms with Crippen LogP contribution in [-0.2, 0) is 21.4 Å². The molecule has 0 saturated heterocycles. The van der Waals surface area contributed by atoms with Crippen LogP contribution in [0.25, 0.3) is 0 Å². The van der Waals surface area contributed by atoms with Gasteiger partial charge in [0.05, 0.1) is 18.0 Å². The molecule has 1 N–H and O–H groups in total. The average molecular weight is 326 g/mol. The van der Waals surface area contributed by atoms with E-state index in [-0.39, 0.29) is 23.6 Å². The highest BCUT2D eigenvalue weighted by molar-refractivity contribution is 7.85. The van der Waals surface area contributed by atoms with Gasteiger partial charge in [0.15, 0.2) is 0 Å². The largest absolute Gasteiger partial charge is 0.448 e. The Hall–Kier alpha value is -2.39. The first-order chi connectivity index (χ1) is 10.3. The van der Waals surface area contributed by atoms with Crippen molar-refractivity contribution >= 4 is 16.2 Å². The maximum atomic E-state index is 11.8. The number of hydrogen-bond acceptors (Lipinski definition) is 5. The molecule has 118 valence electrons. The zero-order valence-electron chi connectivity index (χ0n) is 11.7. The number of benzene rings is 1. The van der Waals surface area contributed by atoms with Crippen molar-refractivity contribution < 1.29 is 22.5 Å². The first kappa shape index (κ1) is 16.0. The highest BCUT2D eigenvalue weighted by Crippen LogP contribution is 2.15. The van der Waals surface area contributed by atoms with Crippen LogP contribution in [-0.4, -0.2) is 35.0 Å². The Morgan fingerprint density at radius 3 is 2.59 bits per heavy atom. The molecule has 0 spiro atoms. The summed E-state index contributed by atoms with van der Waals surface area (Å²) in [5.41, 5.74) is -0.324. The van der Waals surface area contributed by atoms with E-state index < -0.39 is 21.8 Å². The zero-order valence-corrected chi connectivity index (χ0v) is 12.5. The van der Waals surface area contributed by atoms with Crippen LogP contribution in [0.3, 0.4) is 0 Å². The van der Waals surface area contributed by atoms with Gasteiger partial charge in [-0.05, 0) is 18.6 Å². The minimum Gasteiger partial charge on any atom is -0.448 e. The third-order valence-corrected chi connectivity index (χ3v) is 3.85. The summed E-state index contributed by atoms with van der Waals surface area (Å²) in [6, 6.07) is 6.82. The number of hydrogen-bond donors (Lipinski definition) is 1. The van der Waals surface area contributed by atoms with Crippen LogP contribution in [0.4, 0.5) is 4.79 Å². The molecular formula is C13H14N2O6S. The number of carbonyl (C=O) groups excluding carboxylic acids is 1. The van der Waals surface area contributed by atoms with Crippen molar-refractivity contribution in [3.63, 3.8) is 0 Å². The van der Waals surface area contributed by atoms with Crippen LogP contribution in [0.2, 0.25) is 0 Å². The van der Waals surface area contributed by atoms with Gasteiger partial charge in [-0.2, -0.15) is 13.1 Å². The van der Waals surface area contributed by atoms with Gasteiger partial charge in [0.1, 0.15) is 0 Å². The van der Waals surface area contributed by atoms with Crippen LogP contribution >= 0.6 is 0 Å². The summed E-state index contributed by atoms with van der Waals surface area (Å²) in [5, 5.41) is 0. The first-order valence-electron chi connectivity index (χ1n) is 6.35. The number of aromatic nitrogens is 2. The Kier molecular flexibility index (Phi) is 4.48. The maximum Gasteiger partial charge on any atom is 0.433 e. The average Bonchev–Trinajstić information content (AvgIpc) is 2.80. The highest BCUT2D eigenvalue weighted by atomic mass is 32.2. The molecule has 2 aromatic rings. The van der Waals surface area contributed by atoms with E-state index in [0.29, 0.717) is 0 Å². The lowest BCUT2D eigenvalue weighted by atomic mass is 10.2. The Morgan fingerprint density at radius 2 is 1.95 bits per heavy atom. The summed E-state index contributed by atoms with van der Waals surface area (Å²) in [6.45, 7) is 1.55. The van der Waals surface area contributed by atoms with Gasteiger partial charge >= 0.3 is 6.09 Å². The van der Waals surface area contributed by atoms with Gasteiger partial charge in [-0.1, -0.05) is 18.2 Å².